The molecule has 0 aliphatic carbocycles. The molecule has 0 bridgehead atoms. The highest BCUT2D eigenvalue weighted by Gasteiger charge is 2.19. The molecule has 1 N–H and O–H groups in total. The van der Waals surface area contributed by atoms with Crippen LogP contribution in [0.5, 0.6) is 0 Å². The summed E-state index contributed by atoms with van der Waals surface area (Å²) in [5.41, 5.74) is 2.42. The molecule has 7 heteroatoms. The van der Waals surface area contributed by atoms with Crippen molar-refractivity contribution in [3.05, 3.63) is 88.7 Å². The average Bonchev–Trinajstić information content (AvgIpc) is 2.98. The van der Waals surface area contributed by atoms with Crippen molar-refractivity contribution >= 4 is 17.6 Å². The lowest BCUT2D eigenvalue weighted by Gasteiger charge is -2.10. The lowest BCUT2D eigenvalue weighted by atomic mass is 10.2. The van der Waals surface area contributed by atoms with Gasteiger partial charge in [0.15, 0.2) is 6.61 Å². The lowest BCUT2D eigenvalue weighted by molar-refractivity contribution is -0.119. The van der Waals surface area contributed by atoms with Crippen LogP contribution in [-0.4, -0.2) is 23.1 Å². The molecule has 5 nitrogen and oxygen atoms in total. The summed E-state index contributed by atoms with van der Waals surface area (Å²) >= 11 is 0. The predicted octanol–water partition coefficient (Wildman–Crippen LogP) is 4.23. The van der Waals surface area contributed by atoms with E-state index in [9.17, 15) is 18.4 Å². The van der Waals surface area contributed by atoms with Gasteiger partial charge in [-0.25, -0.2) is 13.6 Å². The zero-order chi connectivity index (χ0) is 21.0. The Kier molecular flexibility index (Phi) is 6.07. The van der Waals surface area contributed by atoms with Crippen molar-refractivity contribution in [2.75, 3.05) is 11.9 Å². The van der Waals surface area contributed by atoms with Gasteiger partial charge in [-0.2, -0.15) is 0 Å². The molecule has 0 aliphatic rings. The summed E-state index contributed by atoms with van der Waals surface area (Å²) in [5.74, 6) is -3.33. The SMILES string of the molecule is Cc1cc(C(=O)OCC(=O)Nc2c(F)cccc2F)c(C)n1Cc1ccccc1. The van der Waals surface area contributed by atoms with Crippen LogP contribution in [0.1, 0.15) is 27.3 Å². The third-order valence-electron chi connectivity index (χ3n) is 4.54. The Morgan fingerprint density at radius 1 is 1.00 bits per heavy atom. The summed E-state index contributed by atoms with van der Waals surface area (Å²) in [7, 11) is 0. The van der Waals surface area contributed by atoms with E-state index in [-0.39, 0.29) is 0 Å². The number of nitrogens with zero attached hydrogens (tertiary/aromatic N) is 1. The molecular formula is C22H20F2N2O3. The minimum atomic E-state index is -0.908. The number of nitrogens with one attached hydrogen (secondary N) is 1. The van der Waals surface area contributed by atoms with Crippen molar-refractivity contribution in [3.63, 3.8) is 0 Å². The molecule has 29 heavy (non-hydrogen) atoms. The fraction of sp³-hybridized carbons (Fsp3) is 0.182. The van der Waals surface area contributed by atoms with E-state index in [1.165, 1.54) is 6.07 Å². The first kappa shape index (κ1) is 20.3. The largest absolute Gasteiger partial charge is 0.452 e. The Bertz CT molecular complexity index is 1030. The third-order valence-corrected chi connectivity index (χ3v) is 4.54. The zero-order valence-corrected chi connectivity index (χ0v) is 16.0. The fourth-order valence-corrected chi connectivity index (χ4v) is 3.02. The zero-order valence-electron chi connectivity index (χ0n) is 16.0. The average molecular weight is 398 g/mol. The number of hydrogen-bond donors (Lipinski definition) is 1. The van der Waals surface area contributed by atoms with Gasteiger partial charge >= 0.3 is 5.97 Å². The molecule has 3 rings (SSSR count). The first-order valence-corrected chi connectivity index (χ1v) is 8.98. The number of halogens is 2. The van der Waals surface area contributed by atoms with Crippen LogP contribution in [0.15, 0.2) is 54.6 Å². The van der Waals surface area contributed by atoms with Crippen molar-refractivity contribution in [2.45, 2.75) is 20.4 Å². The lowest BCUT2D eigenvalue weighted by Crippen LogP contribution is -2.22. The molecule has 0 spiro atoms. The summed E-state index contributed by atoms with van der Waals surface area (Å²) < 4.78 is 34.2. The van der Waals surface area contributed by atoms with Crippen LogP contribution in [0.25, 0.3) is 0 Å². The van der Waals surface area contributed by atoms with E-state index in [0.717, 1.165) is 23.4 Å². The molecule has 0 radical (unpaired) electrons. The third kappa shape index (κ3) is 4.68. The van der Waals surface area contributed by atoms with Gasteiger partial charge in [0, 0.05) is 17.9 Å². The normalized spacial score (nSPS) is 10.6. The maximum atomic E-state index is 13.6. The van der Waals surface area contributed by atoms with Crippen molar-refractivity contribution in [1.82, 2.24) is 4.57 Å². The van der Waals surface area contributed by atoms with Crippen molar-refractivity contribution < 1.29 is 23.1 Å². The van der Waals surface area contributed by atoms with Gasteiger partial charge in [0.2, 0.25) is 0 Å². The predicted molar refractivity (Wildman–Crippen MR) is 105 cm³/mol. The summed E-state index contributed by atoms with van der Waals surface area (Å²) in [6.07, 6.45) is 0. The highest BCUT2D eigenvalue weighted by Crippen LogP contribution is 2.19. The van der Waals surface area contributed by atoms with Gasteiger partial charge in [-0.3, -0.25) is 4.79 Å². The molecule has 3 aromatic rings. The molecule has 150 valence electrons. The molecule has 2 aromatic carbocycles. The molecule has 0 saturated heterocycles. The maximum absolute atomic E-state index is 13.6. The number of anilines is 1. The van der Waals surface area contributed by atoms with Crippen molar-refractivity contribution in [3.8, 4) is 0 Å². The Morgan fingerprint density at radius 3 is 2.31 bits per heavy atom. The quantitative estimate of drug-likeness (QED) is 0.633. The maximum Gasteiger partial charge on any atom is 0.340 e. The van der Waals surface area contributed by atoms with Crippen LogP contribution in [0.3, 0.4) is 0 Å². The first-order valence-electron chi connectivity index (χ1n) is 8.98. The number of para-hydroxylation sites is 1. The minimum absolute atomic E-state index is 0.336. The summed E-state index contributed by atoms with van der Waals surface area (Å²) in [6, 6.07) is 14.7. The highest BCUT2D eigenvalue weighted by molar-refractivity contribution is 5.96. The number of hydrogen-bond acceptors (Lipinski definition) is 3. The monoisotopic (exact) mass is 398 g/mol. The van der Waals surface area contributed by atoms with Crippen LogP contribution in [-0.2, 0) is 16.1 Å². The van der Waals surface area contributed by atoms with E-state index in [4.69, 9.17) is 4.74 Å². The number of benzene rings is 2. The number of ether oxygens (including phenoxy) is 1. The Hall–Kier alpha value is -3.48. The van der Waals surface area contributed by atoms with Crippen molar-refractivity contribution in [1.29, 1.82) is 0 Å². The number of esters is 1. The fourth-order valence-electron chi connectivity index (χ4n) is 3.02. The van der Waals surface area contributed by atoms with Gasteiger partial charge in [-0.1, -0.05) is 36.4 Å². The standard InChI is InChI=1S/C22H20F2N2O3/c1-14-11-17(15(2)26(14)12-16-7-4-3-5-8-16)22(28)29-13-20(27)25-21-18(23)9-6-10-19(21)24/h3-11H,12-13H2,1-2H3,(H,25,27). The van der Waals surface area contributed by atoms with E-state index in [2.05, 4.69) is 5.32 Å². The molecule has 0 fully saturated rings. The van der Waals surface area contributed by atoms with E-state index in [1.54, 1.807) is 13.0 Å². The topological polar surface area (TPSA) is 60.3 Å². The van der Waals surface area contributed by atoms with Gasteiger partial charge < -0.3 is 14.6 Å². The molecule has 0 unspecified atom stereocenters. The highest BCUT2D eigenvalue weighted by atomic mass is 19.1. The van der Waals surface area contributed by atoms with Crippen LogP contribution in [0.4, 0.5) is 14.5 Å². The molecular weight excluding hydrogens is 378 g/mol. The van der Waals surface area contributed by atoms with Crippen molar-refractivity contribution in [2.24, 2.45) is 0 Å². The van der Waals surface area contributed by atoms with E-state index in [1.807, 2.05) is 41.8 Å². The van der Waals surface area contributed by atoms with E-state index >= 15 is 0 Å². The molecule has 1 heterocycles. The second kappa shape index (κ2) is 8.68. The number of carbonyl (C=O) groups is 2. The minimum Gasteiger partial charge on any atom is -0.452 e. The van der Waals surface area contributed by atoms with Crippen LogP contribution >= 0.6 is 0 Å². The van der Waals surface area contributed by atoms with Gasteiger partial charge in [0.25, 0.3) is 5.91 Å². The molecule has 1 aromatic heterocycles. The first-order chi connectivity index (χ1) is 13.9. The van der Waals surface area contributed by atoms with Gasteiger partial charge in [0.1, 0.15) is 17.3 Å². The number of rotatable bonds is 6. The Balaban J connectivity index is 1.65. The summed E-state index contributed by atoms with van der Waals surface area (Å²) in [4.78, 5) is 24.3. The smallest absolute Gasteiger partial charge is 0.340 e. The molecule has 1 amide bonds. The number of aromatic nitrogens is 1. The van der Waals surface area contributed by atoms with E-state index < -0.39 is 35.8 Å². The van der Waals surface area contributed by atoms with Crippen LogP contribution < -0.4 is 5.32 Å². The molecule has 0 aliphatic heterocycles. The molecule has 0 atom stereocenters. The van der Waals surface area contributed by atoms with E-state index in [0.29, 0.717) is 17.8 Å². The summed E-state index contributed by atoms with van der Waals surface area (Å²) in [5, 5.41) is 2.08. The van der Waals surface area contributed by atoms with Gasteiger partial charge in [-0.05, 0) is 37.6 Å². The van der Waals surface area contributed by atoms with Gasteiger partial charge in [0.05, 0.1) is 5.56 Å². The Labute approximate surface area is 166 Å². The Morgan fingerprint density at radius 2 is 1.66 bits per heavy atom. The number of amides is 1. The number of aryl methyl sites for hydroxylation is 1. The van der Waals surface area contributed by atoms with Crippen LogP contribution in [0.2, 0.25) is 0 Å². The van der Waals surface area contributed by atoms with Gasteiger partial charge in [-0.15, -0.1) is 0 Å². The molecule has 0 saturated carbocycles. The van der Waals surface area contributed by atoms with Crippen LogP contribution in [0, 0.1) is 25.5 Å². The second-order valence-corrected chi connectivity index (χ2v) is 6.58. The second-order valence-electron chi connectivity index (χ2n) is 6.58. The summed E-state index contributed by atoms with van der Waals surface area (Å²) in [6.45, 7) is 3.61. The number of carbonyl (C=O) groups excluding carboxylic acids is 2.